The molecule has 0 saturated heterocycles. The van der Waals surface area contributed by atoms with E-state index in [1.165, 1.54) is 0 Å². The number of imidazole rings is 1. The van der Waals surface area contributed by atoms with Gasteiger partial charge in [0, 0.05) is 12.7 Å². The maximum Gasteiger partial charge on any atom is 0.188 e. The highest BCUT2D eigenvalue weighted by Gasteiger charge is 2.12. The lowest BCUT2D eigenvalue weighted by molar-refractivity contribution is 0.417. The van der Waals surface area contributed by atoms with Crippen LogP contribution in [0.1, 0.15) is 0 Å². The molecule has 0 fully saturated rings. The summed E-state index contributed by atoms with van der Waals surface area (Å²) < 4.78 is 8.44. The van der Waals surface area contributed by atoms with Crippen molar-refractivity contribution in [1.82, 2.24) is 14.5 Å². The molecule has 0 atom stereocenters. The number of anilines is 3. The Kier molecular flexibility index (Phi) is 3.09. The Balaban J connectivity index is 1.81. The number of hydrogen-bond donors (Lipinski definition) is 2. The first-order valence-corrected chi connectivity index (χ1v) is 7.88. The second kappa shape index (κ2) is 5.13. The molecule has 116 valence electrons. The number of ether oxygens (including phenoxy) is 1. The van der Waals surface area contributed by atoms with Crippen molar-refractivity contribution < 1.29 is 4.74 Å². The molecule has 7 heteroatoms. The van der Waals surface area contributed by atoms with Crippen LogP contribution in [-0.4, -0.2) is 21.6 Å². The van der Waals surface area contributed by atoms with Crippen molar-refractivity contribution in [2.24, 2.45) is 7.05 Å². The van der Waals surface area contributed by atoms with Gasteiger partial charge in [0.1, 0.15) is 16.8 Å². The van der Waals surface area contributed by atoms with Gasteiger partial charge in [-0.2, -0.15) is 0 Å². The highest BCUT2D eigenvalue weighted by atomic mass is 32.1. The predicted molar refractivity (Wildman–Crippen MR) is 94.6 cm³/mol. The second-order valence-electron chi connectivity index (χ2n) is 5.24. The van der Waals surface area contributed by atoms with Crippen molar-refractivity contribution in [3.05, 3.63) is 36.7 Å². The summed E-state index contributed by atoms with van der Waals surface area (Å²) in [5.74, 6) is 0.724. The second-order valence-corrected chi connectivity index (χ2v) is 6.27. The zero-order chi connectivity index (χ0) is 16.0. The SMILES string of the molecule is COc1ccc(N)cc1Nc1nc2c(ccc3c2ncn3C)s1. The summed E-state index contributed by atoms with van der Waals surface area (Å²) in [6.07, 6.45) is 1.80. The fourth-order valence-corrected chi connectivity index (χ4v) is 3.46. The summed E-state index contributed by atoms with van der Waals surface area (Å²) in [6, 6.07) is 9.61. The maximum absolute atomic E-state index is 5.86. The predicted octanol–water partition coefficient (Wildman–Crippen LogP) is 3.52. The number of fused-ring (bicyclic) bond motifs is 3. The molecule has 0 saturated carbocycles. The van der Waals surface area contributed by atoms with Crippen molar-refractivity contribution in [3.63, 3.8) is 0 Å². The minimum Gasteiger partial charge on any atom is -0.495 e. The van der Waals surface area contributed by atoms with Crippen LogP contribution in [0.5, 0.6) is 5.75 Å². The summed E-state index contributed by atoms with van der Waals surface area (Å²) in [7, 11) is 3.61. The van der Waals surface area contributed by atoms with Crippen molar-refractivity contribution in [1.29, 1.82) is 0 Å². The van der Waals surface area contributed by atoms with Crippen molar-refractivity contribution in [2.75, 3.05) is 18.2 Å². The number of aryl methyl sites for hydroxylation is 1. The minimum atomic E-state index is 0.668. The van der Waals surface area contributed by atoms with Crippen molar-refractivity contribution >= 4 is 49.1 Å². The molecule has 0 aliphatic rings. The van der Waals surface area contributed by atoms with Gasteiger partial charge in [0.25, 0.3) is 0 Å². The molecule has 4 rings (SSSR count). The van der Waals surface area contributed by atoms with Crippen LogP contribution in [0.15, 0.2) is 36.7 Å². The summed E-state index contributed by atoms with van der Waals surface area (Å²) in [5, 5.41) is 4.07. The highest BCUT2D eigenvalue weighted by molar-refractivity contribution is 7.22. The number of nitrogens with zero attached hydrogens (tertiary/aromatic N) is 3. The summed E-state index contributed by atoms with van der Waals surface area (Å²) >= 11 is 1.57. The minimum absolute atomic E-state index is 0.668. The molecule has 3 N–H and O–H groups in total. The number of nitrogens with one attached hydrogen (secondary N) is 1. The van der Waals surface area contributed by atoms with E-state index in [9.17, 15) is 0 Å². The van der Waals surface area contributed by atoms with Gasteiger partial charge in [0.05, 0.1) is 29.3 Å². The molecule has 0 bridgehead atoms. The zero-order valence-corrected chi connectivity index (χ0v) is 13.5. The topological polar surface area (TPSA) is 78.0 Å². The van der Waals surface area contributed by atoms with E-state index in [1.807, 2.05) is 23.7 Å². The lowest BCUT2D eigenvalue weighted by atomic mass is 10.2. The third-order valence-electron chi connectivity index (χ3n) is 3.72. The van der Waals surface area contributed by atoms with Crippen LogP contribution < -0.4 is 15.8 Å². The van der Waals surface area contributed by atoms with Crippen LogP contribution in [0.3, 0.4) is 0 Å². The fourth-order valence-electron chi connectivity index (χ4n) is 2.58. The smallest absolute Gasteiger partial charge is 0.188 e. The van der Waals surface area contributed by atoms with E-state index < -0.39 is 0 Å². The Morgan fingerprint density at radius 2 is 2.09 bits per heavy atom. The molecule has 23 heavy (non-hydrogen) atoms. The molecule has 2 aromatic carbocycles. The standard InChI is InChI=1S/C16H15N5OS/c1-21-8-18-14-11(21)4-6-13-15(14)20-16(23-13)19-10-7-9(17)3-5-12(10)22-2/h3-8H,17H2,1-2H3,(H,19,20). The van der Waals surface area contributed by atoms with E-state index in [4.69, 9.17) is 10.5 Å². The fraction of sp³-hybridized carbons (Fsp3) is 0.125. The van der Waals surface area contributed by atoms with Crippen LogP contribution in [0.2, 0.25) is 0 Å². The van der Waals surface area contributed by atoms with E-state index in [1.54, 1.807) is 30.8 Å². The molecule has 2 aromatic heterocycles. The van der Waals surface area contributed by atoms with E-state index in [2.05, 4.69) is 27.4 Å². The van der Waals surface area contributed by atoms with Crippen LogP contribution >= 0.6 is 11.3 Å². The molecule has 0 unspecified atom stereocenters. The van der Waals surface area contributed by atoms with Gasteiger partial charge in [-0.15, -0.1) is 0 Å². The summed E-state index contributed by atoms with van der Waals surface area (Å²) in [5.41, 5.74) is 10.2. The number of aromatic nitrogens is 3. The Morgan fingerprint density at radius 1 is 1.22 bits per heavy atom. The maximum atomic E-state index is 5.86. The molecule has 0 aliphatic heterocycles. The van der Waals surface area contributed by atoms with Gasteiger partial charge >= 0.3 is 0 Å². The number of rotatable bonds is 3. The molecule has 6 nitrogen and oxygen atoms in total. The van der Waals surface area contributed by atoms with Gasteiger partial charge < -0.3 is 20.4 Å². The largest absolute Gasteiger partial charge is 0.495 e. The Bertz CT molecular complexity index is 1020. The van der Waals surface area contributed by atoms with E-state index in [0.29, 0.717) is 5.69 Å². The third-order valence-corrected chi connectivity index (χ3v) is 4.65. The molecule has 4 aromatic rings. The third kappa shape index (κ3) is 2.25. The first-order chi connectivity index (χ1) is 11.2. The van der Waals surface area contributed by atoms with Crippen LogP contribution in [0.4, 0.5) is 16.5 Å². The normalized spacial score (nSPS) is 11.2. The van der Waals surface area contributed by atoms with E-state index >= 15 is 0 Å². The summed E-state index contributed by atoms with van der Waals surface area (Å²) in [4.78, 5) is 9.14. The Labute approximate surface area is 136 Å². The number of thiazole rings is 1. The first kappa shape index (κ1) is 13.8. The number of nitrogens with two attached hydrogens (primary N) is 1. The molecule has 0 amide bonds. The molecule has 0 aliphatic carbocycles. The Hall–Kier alpha value is -2.80. The van der Waals surface area contributed by atoms with Gasteiger partial charge in [-0.25, -0.2) is 9.97 Å². The van der Waals surface area contributed by atoms with Crippen LogP contribution in [0.25, 0.3) is 21.3 Å². The van der Waals surface area contributed by atoms with Gasteiger partial charge in [0.2, 0.25) is 0 Å². The monoisotopic (exact) mass is 325 g/mol. The van der Waals surface area contributed by atoms with E-state index in [0.717, 1.165) is 37.8 Å². The lowest BCUT2D eigenvalue weighted by Crippen LogP contribution is -1.96. The quantitative estimate of drug-likeness (QED) is 0.564. The van der Waals surface area contributed by atoms with Gasteiger partial charge in [-0.1, -0.05) is 11.3 Å². The molecule has 0 spiro atoms. The molecule has 2 heterocycles. The van der Waals surface area contributed by atoms with Gasteiger partial charge in [0.15, 0.2) is 5.13 Å². The number of hydrogen-bond acceptors (Lipinski definition) is 6. The van der Waals surface area contributed by atoms with Crippen molar-refractivity contribution in [2.45, 2.75) is 0 Å². The lowest BCUT2D eigenvalue weighted by Gasteiger charge is -2.09. The molecule has 0 radical (unpaired) electrons. The molecular weight excluding hydrogens is 310 g/mol. The van der Waals surface area contributed by atoms with Crippen LogP contribution in [-0.2, 0) is 7.05 Å². The zero-order valence-electron chi connectivity index (χ0n) is 12.7. The average Bonchev–Trinajstić information content (AvgIpc) is 3.11. The Morgan fingerprint density at radius 3 is 2.91 bits per heavy atom. The average molecular weight is 325 g/mol. The van der Waals surface area contributed by atoms with Gasteiger partial charge in [-0.05, 0) is 30.3 Å². The molecular formula is C16H15N5OS. The number of methoxy groups -OCH3 is 1. The highest BCUT2D eigenvalue weighted by Crippen LogP contribution is 2.35. The van der Waals surface area contributed by atoms with Crippen LogP contribution in [0, 0.1) is 0 Å². The van der Waals surface area contributed by atoms with E-state index in [-0.39, 0.29) is 0 Å². The first-order valence-electron chi connectivity index (χ1n) is 7.07. The van der Waals surface area contributed by atoms with Crippen molar-refractivity contribution in [3.8, 4) is 5.75 Å². The number of nitrogen functional groups attached to an aromatic ring is 1. The van der Waals surface area contributed by atoms with Gasteiger partial charge in [-0.3, -0.25) is 0 Å². The number of benzene rings is 2. The summed E-state index contributed by atoms with van der Waals surface area (Å²) in [6.45, 7) is 0.